The third-order valence-corrected chi connectivity index (χ3v) is 4.34. The van der Waals surface area contributed by atoms with Crippen LogP contribution in [0.15, 0.2) is 18.2 Å². The van der Waals surface area contributed by atoms with Crippen LogP contribution < -0.4 is 61.6 Å². The summed E-state index contributed by atoms with van der Waals surface area (Å²) in [6, 6.07) is 3.17. The maximum atomic E-state index is 12.5. The van der Waals surface area contributed by atoms with Crippen LogP contribution in [0.1, 0.15) is 12.5 Å². The van der Waals surface area contributed by atoms with Crippen LogP contribution in [-0.4, -0.2) is 33.5 Å². The Labute approximate surface area is 159 Å². The number of hydrogen-bond acceptors (Lipinski definition) is 3. The van der Waals surface area contributed by atoms with Crippen molar-refractivity contribution >= 4 is 22.3 Å². The standard InChI is InChI=1S/C11H15BF3O3S.K/c1-3-19(16,17)7-6-18-11-5-4-10(8-9(11)2)12(13,14)15;/h4-5,8H,3,6-7H2,1-2H3;/q-1;+1. The summed E-state index contributed by atoms with van der Waals surface area (Å²) in [5, 5.41) is 0. The van der Waals surface area contributed by atoms with Crippen LogP contribution in [0, 0.1) is 6.92 Å². The van der Waals surface area contributed by atoms with Gasteiger partial charge in [-0.15, -0.1) is 5.46 Å². The Bertz CT molecular complexity index is 546. The first-order chi connectivity index (χ1) is 8.65. The van der Waals surface area contributed by atoms with Gasteiger partial charge in [0.15, 0.2) is 9.84 Å². The second-order valence-corrected chi connectivity index (χ2v) is 6.66. The van der Waals surface area contributed by atoms with E-state index in [9.17, 15) is 21.4 Å². The summed E-state index contributed by atoms with van der Waals surface area (Å²) in [5.74, 6) is 0.147. The van der Waals surface area contributed by atoms with Crippen LogP contribution in [0.25, 0.3) is 0 Å². The van der Waals surface area contributed by atoms with Gasteiger partial charge in [0, 0.05) is 5.75 Å². The molecule has 0 aliphatic heterocycles. The van der Waals surface area contributed by atoms with Crippen molar-refractivity contribution in [3.8, 4) is 5.75 Å². The Morgan fingerprint density at radius 3 is 2.30 bits per heavy atom. The number of hydrogen-bond donors (Lipinski definition) is 0. The molecule has 0 aliphatic carbocycles. The van der Waals surface area contributed by atoms with E-state index in [1.807, 2.05) is 0 Å². The van der Waals surface area contributed by atoms with E-state index < -0.39 is 22.3 Å². The topological polar surface area (TPSA) is 43.4 Å². The van der Waals surface area contributed by atoms with Crippen LogP contribution >= 0.6 is 0 Å². The molecule has 9 heteroatoms. The monoisotopic (exact) mass is 334 g/mol. The fraction of sp³-hybridized carbons (Fsp3) is 0.455. The summed E-state index contributed by atoms with van der Waals surface area (Å²) in [7, 11) is -3.14. The van der Waals surface area contributed by atoms with Crippen molar-refractivity contribution in [2.24, 2.45) is 0 Å². The number of halogens is 3. The van der Waals surface area contributed by atoms with Gasteiger partial charge in [-0.05, 0) is 18.6 Å². The smallest absolute Gasteiger partial charge is 0.492 e. The average molecular weight is 334 g/mol. The minimum absolute atomic E-state index is 0. The van der Waals surface area contributed by atoms with Gasteiger partial charge >= 0.3 is 58.4 Å². The minimum atomic E-state index is -5.03. The molecule has 0 spiro atoms. The molecule has 0 heterocycles. The summed E-state index contributed by atoms with van der Waals surface area (Å²) in [5.41, 5.74) is -0.350. The SMILES string of the molecule is CCS(=O)(=O)CCOc1ccc([B-](F)(F)F)cc1C.[K+]. The normalized spacial score (nSPS) is 11.8. The summed E-state index contributed by atoms with van der Waals surface area (Å²) in [4.78, 5) is 0. The Balaban J connectivity index is 0.00000361. The van der Waals surface area contributed by atoms with Crippen LogP contribution in [0.2, 0.25) is 0 Å². The second kappa shape index (κ2) is 8.19. The Hall–Kier alpha value is 0.461. The molecule has 1 rings (SSSR count). The molecule has 0 aromatic heterocycles. The molecule has 108 valence electrons. The van der Waals surface area contributed by atoms with Crippen molar-refractivity contribution in [3.05, 3.63) is 23.8 Å². The fourth-order valence-corrected chi connectivity index (χ4v) is 2.09. The van der Waals surface area contributed by atoms with E-state index in [4.69, 9.17) is 4.74 Å². The minimum Gasteiger partial charge on any atom is -0.492 e. The largest absolute Gasteiger partial charge is 1.00 e. The van der Waals surface area contributed by atoms with Crippen LogP contribution in [0.5, 0.6) is 5.75 Å². The zero-order valence-electron chi connectivity index (χ0n) is 11.7. The van der Waals surface area contributed by atoms with Crippen LogP contribution in [-0.2, 0) is 9.84 Å². The Kier molecular flexibility index (Phi) is 8.38. The molecule has 0 fully saturated rings. The fourth-order valence-electron chi connectivity index (χ4n) is 1.46. The predicted octanol–water partition coefficient (Wildman–Crippen LogP) is -1.13. The van der Waals surface area contributed by atoms with Crippen molar-refractivity contribution in [1.29, 1.82) is 0 Å². The molecule has 0 N–H and O–H groups in total. The predicted molar refractivity (Wildman–Crippen MR) is 69.7 cm³/mol. The Morgan fingerprint density at radius 2 is 1.85 bits per heavy atom. The van der Waals surface area contributed by atoms with Crippen LogP contribution in [0.4, 0.5) is 12.9 Å². The van der Waals surface area contributed by atoms with E-state index in [0.717, 1.165) is 12.1 Å². The van der Waals surface area contributed by atoms with E-state index in [0.29, 0.717) is 5.56 Å². The van der Waals surface area contributed by atoms with E-state index in [1.54, 1.807) is 0 Å². The summed E-state index contributed by atoms with van der Waals surface area (Å²) in [6.07, 6.45) is 0. The maximum absolute atomic E-state index is 12.5. The van der Waals surface area contributed by atoms with E-state index >= 15 is 0 Å². The molecule has 1 aromatic carbocycles. The van der Waals surface area contributed by atoms with Gasteiger partial charge in [0.1, 0.15) is 12.4 Å². The van der Waals surface area contributed by atoms with Gasteiger partial charge in [0.05, 0.1) is 5.75 Å². The number of benzene rings is 1. The van der Waals surface area contributed by atoms with Crippen molar-refractivity contribution in [3.63, 3.8) is 0 Å². The van der Waals surface area contributed by atoms with E-state index in [2.05, 4.69) is 0 Å². The zero-order valence-corrected chi connectivity index (χ0v) is 15.6. The molecule has 1 aromatic rings. The molecule has 0 atom stereocenters. The van der Waals surface area contributed by atoms with Crippen molar-refractivity contribution in [2.45, 2.75) is 13.8 Å². The first-order valence-electron chi connectivity index (χ1n) is 5.79. The number of ether oxygens (including phenoxy) is 1. The van der Waals surface area contributed by atoms with Gasteiger partial charge < -0.3 is 17.7 Å². The third-order valence-electron chi connectivity index (χ3n) is 2.67. The molecule has 0 unspecified atom stereocenters. The summed E-state index contributed by atoms with van der Waals surface area (Å²) in [6.45, 7) is -2.07. The molecule has 0 amide bonds. The third kappa shape index (κ3) is 6.49. The van der Waals surface area contributed by atoms with Gasteiger partial charge in [-0.25, -0.2) is 8.42 Å². The number of aryl methyl sites for hydroxylation is 1. The first kappa shape index (κ1) is 20.5. The molecule has 3 nitrogen and oxygen atoms in total. The molecular weight excluding hydrogens is 319 g/mol. The molecule has 0 aliphatic rings. The van der Waals surface area contributed by atoms with Gasteiger partial charge in [-0.2, -0.15) is 0 Å². The zero-order chi connectivity index (χ0) is 14.7. The second-order valence-electron chi connectivity index (χ2n) is 4.18. The first-order valence-corrected chi connectivity index (χ1v) is 7.61. The van der Waals surface area contributed by atoms with Crippen molar-refractivity contribution in [2.75, 3.05) is 18.1 Å². The number of rotatable bonds is 6. The van der Waals surface area contributed by atoms with Crippen molar-refractivity contribution < 1.29 is 77.5 Å². The van der Waals surface area contributed by atoms with Crippen LogP contribution in [0.3, 0.4) is 0 Å². The van der Waals surface area contributed by atoms with Gasteiger partial charge in [-0.1, -0.05) is 19.1 Å². The quantitative estimate of drug-likeness (QED) is 0.619. The maximum Gasteiger partial charge on any atom is 1.00 e. The van der Waals surface area contributed by atoms with Gasteiger partial charge in [0.2, 0.25) is 0 Å². The Morgan fingerprint density at radius 1 is 1.25 bits per heavy atom. The molecule has 0 saturated carbocycles. The van der Waals surface area contributed by atoms with Gasteiger partial charge in [-0.3, -0.25) is 0 Å². The van der Waals surface area contributed by atoms with Gasteiger partial charge in [0.25, 0.3) is 0 Å². The number of sulfone groups is 1. The summed E-state index contributed by atoms with van der Waals surface area (Å²) < 4.78 is 65.2. The molecule has 0 radical (unpaired) electrons. The summed E-state index contributed by atoms with van der Waals surface area (Å²) >= 11 is 0. The molecular formula is C11H15BF3KO3S. The molecule has 0 bridgehead atoms. The van der Waals surface area contributed by atoms with E-state index in [-0.39, 0.29) is 75.2 Å². The van der Waals surface area contributed by atoms with Crippen molar-refractivity contribution in [1.82, 2.24) is 0 Å². The average Bonchev–Trinajstić information content (AvgIpc) is 2.30. The molecule has 0 saturated heterocycles. The van der Waals surface area contributed by atoms with E-state index in [1.165, 1.54) is 19.9 Å². The molecule has 20 heavy (non-hydrogen) atoms.